The number of amides is 1. The van der Waals surface area contributed by atoms with Gasteiger partial charge in [-0.15, -0.1) is 0 Å². The lowest BCUT2D eigenvalue weighted by atomic mass is 9.83. The third-order valence-electron chi connectivity index (χ3n) is 5.97. The van der Waals surface area contributed by atoms with E-state index in [0.29, 0.717) is 26.1 Å². The number of ether oxygens (including phenoxy) is 4. The Morgan fingerprint density at radius 2 is 2.03 bits per heavy atom. The van der Waals surface area contributed by atoms with Gasteiger partial charge in [0.25, 0.3) is 0 Å². The summed E-state index contributed by atoms with van der Waals surface area (Å²) in [6.07, 6.45) is 7.47. The van der Waals surface area contributed by atoms with Gasteiger partial charge in [0.15, 0.2) is 6.29 Å². The number of allylic oxidation sites excluding steroid dienone is 2. The van der Waals surface area contributed by atoms with Gasteiger partial charge in [-0.3, -0.25) is 4.79 Å². The van der Waals surface area contributed by atoms with Crippen LogP contribution in [0.15, 0.2) is 36.0 Å². The van der Waals surface area contributed by atoms with E-state index in [4.69, 9.17) is 18.9 Å². The molecule has 0 radical (unpaired) electrons. The van der Waals surface area contributed by atoms with E-state index >= 15 is 0 Å². The molecule has 3 aliphatic heterocycles. The largest absolute Gasteiger partial charge is 0.389 e. The normalized spacial score (nSPS) is 38.3. The molecule has 8 heteroatoms. The van der Waals surface area contributed by atoms with Gasteiger partial charge in [0.2, 0.25) is 5.91 Å². The highest BCUT2D eigenvalue weighted by atomic mass is 16.7. The highest BCUT2D eigenvalue weighted by Gasteiger charge is 2.60. The molecule has 32 heavy (non-hydrogen) atoms. The summed E-state index contributed by atoms with van der Waals surface area (Å²) >= 11 is 0. The fourth-order valence-corrected chi connectivity index (χ4v) is 4.17. The maximum atomic E-state index is 11.9. The van der Waals surface area contributed by atoms with E-state index in [1.54, 1.807) is 6.92 Å². The van der Waals surface area contributed by atoms with Crippen LogP contribution in [0.25, 0.3) is 0 Å². The highest BCUT2D eigenvalue weighted by Crippen LogP contribution is 2.46. The average Bonchev–Trinajstić information content (AvgIpc) is 3.47. The van der Waals surface area contributed by atoms with E-state index in [1.807, 2.05) is 45.9 Å². The molecule has 0 aromatic carbocycles. The van der Waals surface area contributed by atoms with E-state index < -0.39 is 30.2 Å². The quantitative estimate of drug-likeness (QED) is 0.307. The third kappa shape index (κ3) is 6.73. The van der Waals surface area contributed by atoms with Gasteiger partial charge in [-0.25, -0.2) is 0 Å². The van der Waals surface area contributed by atoms with E-state index in [-0.39, 0.29) is 23.7 Å². The molecule has 1 amide bonds. The predicted octanol–water partition coefficient (Wildman–Crippen LogP) is 1.76. The van der Waals surface area contributed by atoms with Gasteiger partial charge < -0.3 is 34.5 Å². The molecule has 0 unspecified atom stereocenters. The van der Waals surface area contributed by atoms with Crippen LogP contribution in [0.5, 0.6) is 0 Å². The van der Waals surface area contributed by atoms with Gasteiger partial charge in [0, 0.05) is 18.9 Å². The zero-order chi connectivity index (χ0) is 23.5. The molecule has 3 saturated heterocycles. The Balaban J connectivity index is 1.47. The summed E-state index contributed by atoms with van der Waals surface area (Å²) in [5, 5.41) is 22.7. The molecule has 3 heterocycles. The van der Waals surface area contributed by atoms with Gasteiger partial charge >= 0.3 is 0 Å². The Hall–Kier alpha value is -1.55. The van der Waals surface area contributed by atoms with Crippen LogP contribution in [0.1, 0.15) is 47.5 Å². The first-order chi connectivity index (χ1) is 15.0. The number of carbonyl (C=O) groups excluding carboxylic acids is 1. The molecule has 3 rings (SSSR count). The van der Waals surface area contributed by atoms with Crippen molar-refractivity contribution in [2.24, 2.45) is 0 Å². The Morgan fingerprint density at radius 1 is 1.31 bits per heavy atom. The van der Waals surface area contributed by atoms with Crippen molar-refractivity contribution in [3.05, 3.63) is 36.0 Å². The Kier molecular flexibility index (Phi) is 7.96. The summed E-state index contributed by atoms with van der Waals surface area (Å²) < 4.78 is 23.3. The Labute approximate surface area is 190 Å². The van der Waals surface area contributed by atoms with Crippen molar-refractivity contribution in [1.82, 2.24) is 5.32 Å². The van der Waals surface area contributed by atoms with Crippen molar-refractivity contribution in [1.29, 1.82) is 0 Å². The topological polar surface area (TPSA) is 110 Å². The monoisotopic (exact) mass is 451 g/mol. The number of epoxide rings is 1. The zero-order valence-electron chi connectivity index (χ0n) is 19.6. The minimum Gasteiger partial charge on any atom is -0.389 e. The molecule has 0 aromatic heterocycles. The van der Waals surface area contributed by atoms with Crippen LogP contribution in [0.4, 0.5) is 0 Å². The molecule has 7 atom stereocenters. The summed E-state index contributed by atoms with van der Waals surface area (Å²) in [6.45, 7) is 10.4. The lowest BCUT2D eigenvalue weighted by molar-refractivity contribution is -0.217. The van der Waals surface area contributed by atoms with Crippen molar-refractivity contribution < 1.29 is 34.0 Å². The molecule has 3 aliphatic rings. The van der Waals surface area contributed by atoms with Gasteiger partial charge in [0.05, 0.1) is 37.1 Å². The maximum Gasteiger partial charge on any atom is 0.244 e. The molecule has 0 aromatic rings. The summed E-state index contributed by atoms with van der Waals surface area (Å²) in [5.74, 6) is -0.289. The second-order valence-corrected chi connectivity index (χ2v) is 9.68. The minimum absolute atomic E-state index is 0.204. The Bertz CT molecular complexity index is 753. The minimum atomic E-state index is -0.673. The number of nitrogens with one attached hydrogen (secondary N) is 1. The van der Waals surface area contributed by atoms with Crippen LogP contribution in [0.2, 0.25) is 0 Å². The number of rotatable bonds is 7. The highest BCUT2D eigenvalue weighted by molar-refractivity contribution is 5.87. The molecular formula is C24H37NO7. The van der Waals surface area contributed by atoms with E-state index in [0.717, 1.165) is 5.57 Å². The fraction of sp³-hybridized carbons (Fsp3) is 0.708. The first-order valence-electron chi connectivity index (χ1n) is 11.3. The van der Waals surface area contributed by atoms with Crippen molar-refractivity contribution in [3.63, 3.8) is 0 Å². The molecule has 0 bridgehead atoms. The van der Waals surface area contributed by atoms with Gasteiger partial charge in [0.1, 0.15) is 17.8 Å². The van der Waals surface area contributed by atoms with E-state index in [2.05, 4.69) is 5.32 Å². The fourth-order valence-electron chi connectivity index (χ4n) is 4.17. The second-order valence-electron chi connectivity index (χ2n) is 9.68. The Morgan fingerprint density at radius 3 is 2.66 bits per heavy atom. The van der Waals surface area contributed by atoms with Crippen LogP contribution >= 0.6 is 0 Å². The smallest absolute Gasteiger partial charge is 0.244 e. The molecule has 3 N–H and O–H groups in total. The van der Waals surface area contributed by atoms with Crippen LogP contribution in [-0.4, -0.2) is 77.3 Å². The second kappa shape index (κ2) is 10.2. The van der Waals surface area contributed by atoms with Crippen LogP contribution < -0.4 is 5.32 Å². The van der Waals surface area contributed by atoms with Crippen LogP contribution in [-0.2, 0) is 23.7 Å². The molecular weight excluding hydrogens is 414 g/mol. The number of hydrogen-bond acceptors (Lipinski definition) is 7. The predicted molar refractivity (Wildman–Crippen MR) is 119 cm³/mol. The van der Waals surface area contributed by atoms with E-state index in [1.165, 1.54) is 12.2 Å². The number of carbonyl (C=O) groups is 1. The van der Waals surface area contributed by atoms with Crippen LogP contribution in [0, 0.1) is 0 Å². The maximum absolute atomic E-state index is 11.9. The first kappa shape index (κ1) is 25.1. The van der Waals surface area contributed by atoms with Gasteiger partial charge in [-0.1, -0.05) is 29.9 Å². The van der Waals surface area contributed by atoms with Crippen molar-refractivity contribution in [3.8, 4) is 0 Å². The molecule has 180 valence electrons. The SMILES string of the molecule is CC(/C=C/[C@H]1OC(C)(C)C[C@@]2(CO2)[C@@H]1O)=C\C[C@H]1OC[C@@H](NC(=O)/C=C\[C@@H](C)O)[C@@H](C)O1. The lowest BCUT2D eigenvalue weighted by Crippen LogP contribution is -2.53. The molecule has 0 saturated carbocycles. The number of hydrogen-bond donors (Lipinski definition) is 3. The molecule has 0 aliphatic carbocycles. The van der Waals surface area contributed by atoms with Crippen molar-refractivity contribution in [2.45, 2.75) is 95.4 Å². The zero-order valence-corrected chi connectivity index (χ0v) is 19.6. The molecule has 1 spiro atoms. The number of aliphatic hydroxyl groups is 2. The summed E-state index contributed by atoms with van der Waals surface area (Å²) in [7, 11) is 0. The lowest BCUT2D eigenvalue weighted by Gasteiger charge is -2.41. The third-order valence-corrected chi connectivity index (χ3v) is 5.97. The number of aliphatic hydroxyl groups excluding tert-OH is 2. The molecule has 3 fully saturated rings. The van der Waals surface area contributed by atoms with E-state index in [9.17, 15) is 15.0 Å². The first-order valence-corrected chi connectivity index (χ1v) is 11.3. The standard InChI is InChI=1S/C24H37NO7/c1-15(6-9-19-22(28)24(14-30-24)13-23(4,5)32-19)7-11-21-29-12-18(17(3)31-21)25-20(27)10-8-16(2)26/h6-10,16-19,21-22,26,28H,11-14H2,1-5H3,(H,25,27)/b9-6+,10-8-,15-7+/t16-,17-,18-,19-,21+,22-,24-/m1/s1. The molecule has 8 nitrogen and oxygen atoms in total. The van der Waals surface area contributed by atoms with Gasteiger partial charge in [-0.2, -0.15) is 0 Å². The van der Waals surface area contributed by atoms with Crippen molar-refractivity contribution in [2.75, 3.05) is 13.2 Å². The van der Waals surface area contributed by atoms with Crippen molar-refractivity contribution >= 4 is 5.91 Å². The summed E-state index contributed by atoms with van der Waals surface area (Å²) in [4.78, 5) is 11.9. The van der Waals surface area contributed by atoms with Crippen LogP contribution in [0.3, 0.4) is 0 Å². The summed E-state index contributed by atoms with van der Waals surface area (Å²) in [6, 6.07) is -0.257. The average molecular weight is 452 g/mol. The van der Waals surface area contributed by atoms with Gasteiger partial charge in [-0.05, 0) is 34.6 Å². The summed E-state index contributed by atoms with van der Waals surface area (Å²) in [5.41, 5.74) is 0.195.